The fourth-order valence-electron chi connectivity index (χ4n) is 6.71. The van der Waals surface area contributed by atoms with E-state index in [2.05, 4.69) is 21.8 Å². The van der Waals surface area contributed by atoms with Crippen LogP contribution in [0.25, 0.3) is 22.0 Å². The number of nitrogens with one attached hydrogen (secondary N) is 1. The lowest BCUT2D eigenvalue weighted by atomic mass is 9.73. The smallest absolute Gasteiger partial charge is 0.416 e. The fourth-order valence-corrected chi connectivity index (χ4v) is 6.71. The second kappa shape index (κ2) is 10.8. The Morgan fingerprint density at radius 1 is 1.02 bits per heavy atom. The molecular formula is C32H27F6N3O3. The number of methoxy groups -OCH3 is 1. The Kier molecular flexibility index (Phi) is 7.30. The van der Waals surface area contributed by atoms with Gasteiger partial charge in [-0.05, 0) is 84.8 Å². The zero-order valence-electron chi connectivity index (χ0n) is 23.4. The molecule has 0 aliphatic carbocycles. The summed E-state index contributed by atoms with van der Waals surface area (Å²) in [7, 11) is 1.51. The van der Waals surface area contributed by atoms with Crippen molar-refractivity contribution in [2.24, 2.45) is 11.8 Å². The monoisotopic (exact) mass is 615 g/mol. The summed E-state index contributed by atoms with van der Waals surface area (Å²) in [6.45, 7) is 5.41. The normalized spacial score (nSPS) is 22.7. The molecule has 12 heteroatoms. The first-order valence-electron chi connectivity index (χ1n) is 14.0. The molecule has 6 nitrogen and oxygen atoms in total. The zero-order chi connectivity index (χ0) is 31.6. The first kappa shape index (κ1) is 29.9. The Labute approximate surface area is 247 Å². The molecule has 7 rings (SSSR count). The number of pyridine rings is 1. The standard InChI is InChI=1S/C32H27F6N3O3/c1-3-16-15-41-9-7-17(16)12-25(41)27(22-6-8-39-24-5-4-21(44-2)14-23(22)24)40-28-26(29(42)30(28)43)18-10-19(31(33,34)35)13-20(11-18)32(36,37)38/h3-6,8,10-11,13-14,16-17,25,27,40H,1,7,9,12,15H2,2H3/t16-,17-,25-,27-/m0/s1. The summed E-state index contributed by atoms with van der Waals surface area (Å²) < 4.78 is 87.3. The quantitative estimate of drug-likeness (QED) is 0.144. The van der Waals surface area contributed by atoms with Crippen LogP contribution in [0.15, 0.2) is 70.9 Å². The van der Waals surface area contributed by atoms with Crippen molar-refractivity contribution in [2.75, 3.05) is 25.5 Å². The summed E-state index contributed by atoms with van der Waals surface area (Å²) in [5.74, 6) is 1.09. The Morgan fingerprint density at radius 3 is 2.32 bits per heavy atom. The number of piperidine rings is 3. The molecule has 44 heavy (non-hydrogen) atoms. The maximum Gasteiger partial charge on any atom is 0.416 e. The van der Waals surface area contributed by atoms with Crippen LogP contribution in [0.5, 0.6) is 5.75 Å². The number of hydrogen-bond acceptors (Lipinski definition) is 6. The van der Waals surface area contributed by atoms with E-state index in [1.54, 1.807) is 30.5 Å². The molecule has 3 aliphatic heterocycles. The number of alkyl halides is 6. The van der Waals surface area contributed by atoms with Gasteiger partial charge >= 0.3 is 12.4 Å². The number of ether oxygens (including phenoxy) is 1. The highest BCUT2D eigenvalue weighted by Gasteiger charge is 2.44. The highest BCUT2D eigenvalue weighted by atomic mass is 19.4. The van der Waals surface area contributed by atoms with Crippen molar-refractivity contribution >= 4 is 16.6 Å². The lowest BCUT2D eigenvalue weighted by molar-refractivity contribution is -0.143. The molecule has 3 saturated heterocycles. The molecule has 1 N–H and O–H groups in total. The summed E-state index contributed by atoms with van der Waals surface area (Å²) in [6, 6.07) is 7.08. The fraction of sp³-hybridized carbons (Fsp3) is 0.344. The first-order chi connectivity index (χ1) is 20.8. The van der Waals surface area contributed by atoms with Gasteiger partial charge in [-0.2, -0.15) is 26.3 Å². The Bertz CT molecular complexity index is 1790. The van der Waals surface area contributed by atoms with E-state index in [-0.39, 0.29) is 23.7 Å². The van der Waals surface area contributed by atoms with Gasteiger partial charge in [-0.3, -0.25) is 19.5 Å². The lowest BCUT2D eigenvalue weighted by Gasteiger charge is -2.52. The number of aromatic nitrogens is 1. The second-order valence-corrected chi connectivity index (χ2v) is 11.4. The van der Waals surface area contributed by atoms with Crippen molar-refractivity contribution in [1.29, 1.82) is 0 Å². The molecule has 0 spiro atoms. The van der Waals surface area contributed by atoms with Gasteiger partial charge in [-0.25, -0.2) is 0 Å². The maximum absolute atomic E-state index is 13.6. The van der Waals surface area contributed by atoms with E-state index in [9.17, 15) is 35.9 Å². The minimum absolute atomic E-state index is 0.0104. The van der Waals surface area contributed by atoms with Gasteiger partial charge in [-0.1, -0.05) is 6.08 Å². The summed E-state index contributed by atoms with van der Waals surface area (Å²) >= 11 is 0. The molecule has 0 amide bonds. The third-order valence-corrected chi connectivity index (χ3v) is 8.94. The van der Waals surface area contributed by atoms with E-state index < -0.39 is 51.5 Å². The Morgan fingerprint density at radius 2 is 1.73 bits per heavy atom. The van der Waals surface area contributed by atoms with E-state index in [1.807, 2.05) is 6.08 Å². The van der Waals surface area contributed by atoms with Crippen molar-refractivity contribution in [3.05, 3.63) is 98.5 Å². The molecule has 1 unspecified atom stereocenters. The number of halogens is 6. The van der Waals surface area contributed by atoms with Gasteiger partial charge in [0.25, 0.3) is 0 Å². The largest absolute Gasteiger partial charge is 0.497 e. The van der Waals surface area contributed by atoms with E-state index in [1.165, 1.54) is 7.11 Å². The third kappa shape index (κ3) is 5.14. The average Bonchev–Trinajstić information content (AvgIpc) is 3.01. The Balaban J connectivity index is 1.50. The minimum Gasteiger partial charge on any atom is -0.497 e. The molecule has 0 saturated carbocycles. The molecule has 3 fully saturated rings. The van der Waals surface area contributed by atoms with Gasteiger partial charge < -0.3 is 10.1 Å². The van der Waals surface area contributed by atoms with Gasteiger partial charge in [0.15, 0.2) is 0 Å². The summed E-state index contributed by atoms with van der Waals surface area (Å²) in [5.41, 5.74) is -5.45. The first-order valence-corrected chi connectivity index (χ1v) is 14.0. The SMILES string of the molecule is C=C[C@H]1CN2CC[C@H]1C[C@H]2[C@@H](Nc1c(-c2cc(C(F)(F)F)cc(C(F)(F)F)c2)c(=O)c1=O)c1ccnc2ccc(OC)cc12. The van der Waals surface area contributed by atoms with Crippen molar-refractivity contribution in [1.82, 2.24) is 9.88 Å². The van der Waals surface area contributed by atoms with Crippen LogP contribution in [-0.4, -0.2) is 36.1 Å². The number of benzene rings is 2. The maximum atomic E-state index is 13.6. The Hall–Kier alpha value is -4.19. The van der Waals surface area contributed by atoms with Gasteiger partial charge in [0.2, 0.25) is 10.9 Å². The molecule has 1 aromatic heterocycles. The van der Waals surface area contributed by atoms with E-state index in [0.717, 1.165) is 13.0 Å². The minimum atomic E-state index is -5.12. The summed E-state index contributed by atoms with van der Waals surface area (Å²) in [5, 5.41) is 3.83. The van der Waals surface area contributed by atoms with Crippen LogP contribution in [-0.2, 0) is 12.4 Å². The molecule has 4 aromatic rings. The van der Waals surface area contributed by atoms with Gasteiger partial charge in [-0.15, -0.1) is 6.58 Å². The third-order valence-electron chi connectivity index (χ3n) is 8.94. The molecule has 5 atom stereocenters. The van der Waals surface area contributed by atoms with Crippen LogP contribution >= 0.6 is 0 Å². The second-order valence-electron chi connectivity index (χ2n) is 11.4. The van der Waals surface area contributed by atoms with E-state index in [0.29, 0.717) is 53.2 Å². The molecule has 2 bridgehead atoms. The van der Waals surface area contributed by atoms with Gasteiger partial charge in [0.1, 0.15) is 5.75 Å². The van der Waals surface area contributed by atoms with Gasteiger partial charge in [0.05, 0.1) is 41.0 Å². The van der Waals surface area contributed by atoms with E-state index in [4.69, 9.17) is 4.74 Å². The van der Waals surface area contributed by atoms with Crippen molar-refractivity contribution in [2.45, 2.75) is 37.3 Å². The topological polar surface area (TPSA) is 71.5 Å². The molecule has 0 radical (unpaired) electrons. The molecule has 230 valence electrons. The number of rotatable bonds is 7. The summed E-state index contributed by atoms with van der Waals surface area (Å²) in [4.78, 5) is 32.5. The predicted molar refractivity (Wildman–Crippen MR) is 153 cm³/mol. The van der Waals surface area contributed by atoms with E-state index >= 15 is 0 Å². The molecule has 3 aromatic carbocycles. The van der Waals surface area contributed by atoms with Crippen LogP contribution in [0.3, 0.4) is 0 Å². The lowest BCUT2D eigenvalue weighted by Crippen LogP contribution is -2.56. The number of anilines is 1. The van der Waals surface area contributed by atoms with Gasteiger partial charge in [0, 0.05) is 24.2 Å². The average molecular weight is 616 g/mol. The summed E-state index contributed by atoms with van der Waals surface area (Å²) in [6.07, 6.45) is -5.10. The number of hydrogen-bond donors (Lipinski definition) is 1. The van der Waals surface area contributed by atoms with Crippen molar-refractivity contribution in [3.63, 3.8) is 0 Å². The molecule has 3 aliphatic rings. The number of nitrogens with zero attached hydrogens (tertiary/aromatic N) is 2. The van der Waals surface area contributed by atoms with Crippen LogP contribution < -0.4 is 20.9 Å². The highest BCUT2D eigenvalue weighted by Crippen LogP contribution is 2.45. The van der Waals surface area contributed by atoms with Crippen LogP contribution in [0.4, 0.5) is 32.0 Å². The van der Waals surface area contributed by atoms with Crippen LogP contribution in [0.2, 0.25) is 0 Å². The molecular weight excluding hydrogens is 588 g/mol. The highest BCUT2D eigenvalue weighted by molar-refractivity contribution is 5.86. The van der Waals surface area contributed by atoms with Crippen LogP contribution in [0.1, 0.15) is 35.6 Å². The van der Waals surface area contributed by atoms with Crippen molar-refractivity contribution in [3.8, 4) is 16.9 Å². The zero-order valence-corrected chi connectivity index (χ0v) is 23.4. The van der Waals surface area contributed by atoms with Crippen LogP contribution in [0, 0.1) is 11.8 Å². The van der Waals surface area contributed by atoms with Crippen molar-refractivity contribution < 1.29 is 31.1 Å². The number of fused-ring (bicyclic) bond motifs is 4. The molecule has 4 heterocycles. The predicted octanol–water partition coefficient (Wildman–Crippen LogP) is 6.59.